The van der Waals surface area contributed by atoms with Crippen LogP contribution in [0.5, 0.6) is 0 Å². The van der Waals surface area contributed by atoms with E-state index in [0.717, 1.165) is 55.7 Å². The minimum absolute atomic E-state index is 0.0460. The van der Waals surface area contributed by atoms with E-state index in [4.69, 9.17) is 0 Å². The fraction of sp³-hybridized carbons (Fsp3) is 0.500. The molecular weight excluding hydrogens is 424 g/mol. The highest BCUT2D eigenvalue weighted by Gasteiger charge is 2.21. The number of benzene rings is 2. The number of carbonyl (C=O) groups is 2. The van der Waals surface area contributed by atoms with Crippen LogP contribution in [0.1, 0.15) is 56.6 Å². The first-order valence-corrected chi connectivity index (χ1v) is 12.9. The van der Waals surface area contributed by atoms with Gasteiger partial charge in [0.25, 0.3) is 0 Å². The zero-order valence-corrected chi connectivity index (χ0v) is 20.4. The number of hydrogen-bond acceptors (Lipinski definition) is 3. The van der Waals surface area contributed by atoms with Crippen LogP contribution < -0.4 is 15.5 Å². The van der Waals surface area contributed by atoms with Crippen LogP contribution in [-0.4, -0.2) is 49.1 Å². The minimum atomic E-state index is -0.108. The molecule has 0 bridgehead atoms. The van der Waals surface area contributed by atoms with E-state index in [1.807, 2.05) is 47.4 Å². The Balaban J connectivity index is 1.22. The lowest BCUT2D eigenvalue weighted by Crippen LogP contribution is -2.39. The Hall–Kier alpha value is -2.86. The topological polar surface area (TPSA) is 64.7 Å². The van der Waals surface area contributed by atoms with E-state index in [-0.39, 0.29) is 11.9 Å². The SMILES string of the molecule is C[C@@H]1CCCCN1CCCNC(=O)Cc1ccc(NC(=O)N2CCCCc3ccccc32)cc1. The van der Waals surface area contributed by atoms with Gasteiger partial charge in [-0.15, -0.1) is 0 Å². The summed E-state index contributed by atoms with van der Waals surface area (Å²) in [6, 6.07) is 16.3. The van der Waals surface area contributed by atoms with E-state index in [0.29, 0.717) is 19.0 Å². The van der Waals surface area contributed by atoms with E-state index in [2.05, 4.69) is 28.5 Å². The monoisotopic (exact) mass is 462 g/mol. The Bertz CT molecular complexity index is 959. The van der Waals surface area contributed by atoms with Gasteiger partial charge in [-0.05, 0) is 81.3 Å². The zero-order chi connectivity index (χ0) is 23.8. The van der Waals surface area contributed by atoms with Gasteiger partial charge < -0.3 is 15.5 Å². The van der Waals surface area contributed by atoms with E-state index >= 15 is 0 Å². The maximum absolute atomic E-state index is 13.0. The number of rotatable bonds is 7. The number of urea groups is 1. The number of nitrogens with zero attached hydrogens (tertiary/aromatic N) is 2. The number of amides is 3. The van der Waals surface area contributed by atoms with Crippen LogP contribution in [0, 0.1) is 0 Å². The molecule has 182 valence electrons. The van der Waals surface area contributed by atoms with Crippen molar-refractivity contribution in [3.63, 3.8) is 0 Å². The third-order valence-electron chi connectivity index (χ3n) is 7.06. The summed E-state index contributed by atoms with van der Waals surface area (Å²) >= 11 is 0. The molecule has 0 spiro atoms. The molecule has 2 heterocycles. The molecule has 2 aromatic rings. The number of likely N-dealkylation sites (tertiary alicyclic amines) is 1. The van der Waals surface area contributed by atoms with Gasteiger partial charge in [0.2, 0.25) is 5.91 Å². The molecule has 0 saturated carbocycles. The van der Waals surface area contributed by atoms with Crippen LogP contribution in [0.3, 0.4) is 0 Å². The second-order valence-corrected chi connectivity index (χ2v) is 9.63. The third-order valence-corrected chi connectivity index (χ3v) is 7.06. The lowest BCUT2D eigenvalue weighted by Gasteiger charge is -2.33. The average molecular weight is 463 g/mol. The molecule has 0 aromatic heterocycles. The average Bonchev–Trinajstić information content (AvgIpc) is 3.07. The molecule has 0 aliphatic carbocycles. The lowest BCUT2D eigenvalue weighted by molar-refractivity contribution is -0.120. The molecule has 0 radical (unpaired) electrons. The van der Waals surface area contributed by atoms with Crippen molar-refractivity contribution in [2.75, 3.05) is 36.4 Å². The minimum Gasteiger partial charge on any atom is -0.356 e. The molecule has 1 atom stereocenters. The summed E-state index contributed by atoms with van der Waals surface area (Å²) < 4.78 is 0. The van der Waals surface area contributed by atoms with Crippen molar-refractivity contribution in [3.05, 3.63) is 59.7 Å². The van der Waals surface area contributed by atoms with Crippen molar-refractivity contribution in [3.8, 4) is 0 Å². The van der Waals surface area contributed by atoms with Crippen molar-refractivity contribution in [1.29, 1.82) is 0 Å². The molecule has 2 aliphatic heterocycles. The molecule has 2 N–H and O–H groups in total. The predicted molar refractivity (Wildman–Crippen MR) is 138 cm³/mol. The molecule has 1 saturated heterocycles. The summed E-state index contributed by atoms with van der Waals surface area (Å²) in [6.45, 7) is 5.97. The molecule has 1 fully saturated rings. The predicted octanol–water partition coefficient (Wildman–Crippen LogP) is 4.98. The van der Waals surface area contributed by atoms with Crippen LogP contribution in [0.2, 0.25) is 0 Å². The number of piperidine rings is 1. The standard InChI is InChI=1S/C28H38N4O2/c1-22-9-4-6-18-31(22)19-8-17-29-27(33)21-23-13-15-25(16-14-23)30-28(34)32-20-7-5-11-24-10-2-3-12-26(24)32/h2-3,10,12-16,22H,4-9,11,17-21H2,1H3,(H,29,33)(H,30,34)/t22-/m1/s1. The summed E-state index contributed by atoms with van der Waals surface area (Å²) in [5.41, 5.74) is 3.91. The molecule has 2 aliphatic rings. The summed E-state index contributed by atoms with van der Waals surface area (Å²) in [6.07, 6.45) is 8.35. The van der Waals surface area contributed by atoms with E-state index in [9.17, 15) is 9.59 Å². The van der Waals surface area contributed by atoms with Crippen molar-refractivity contribution >= 4 is 23.3 Å². The fourth-order valence-electron chi connectivity index (χ4n) is 5.05. The van der Waals surface area contributed by atoms with Gasteiger partial charge in [-0.25, -0.2) is 4.79 Å². The first-order valence-electron chi connectivity index (χ1n) is 12.9. The smallest absolute Gasteiger partial charge is 0.326 e. The van der Waals surface area contributed by atoms with Gasteiger partial charge in [0, 0.05) is 37.1 Å². The number of hydrogen-bond donors (Lipinski definition) is 2. The lowest BCUT2D eigenvalue weighted by atomic mass is 10.0. The Morgan fingerprint density at radius 2 is 1.76 bits per heavy atom. The number of nitrogens with one attached hydrogen (secondary N) is 2. The summed E-state index contributed by atoms with van der Waals surface area (Å²) in [5.74, 6) is 0.0460. The first-order chi connectivity index (χ1) is 16.6. The number of aryl methyl sites for hydroxylation is 1. The molecule has 34 heavy (non-hydrogen) atoms. The highest BCUT2D eigenvalue weighted by molar-refractivity contribution is 6.02. The Morgan fingerprint density at radius 1 is 0.971 bits per heavy atom. The molecule has 0 unspecified atom stereocenters. The van der Waals surface area contributed by atoms with Crippen molar-refractivity contribution < 1.29 is 9.59 Å². The zero-order valence-electron chi connectivity index (χ0n) is 20.4. The van der Waals surface area contributed by atoms with Crippen LogP contribution in [0.25, 0.3) is 0 Å². The highest BCUT2D eigenvalue weighted by atomic mass is 16.2. The molecule has 4 rings (SSSR count). The van der Waals surface area contributed by atoms with Crippen LogP contribution in [0.4, 0.5) is 16.2 Å². The Labute approximate surface area is 203 Å². The van der Waals surface area contributed by atoms with E-state index in [1.54, 1.807) is 0 Å². The van der Waals surface area contributed by atoms with Gasteiger partial charge >= 0.3 is 6.03 Å². The molecule has 6 nitrogen and oxygen atoms in total. The maximum atomic E-state index is 13.0. The summed E-state index contributed by atoms with van der Waals surface area (Å²) in [4.78, 5) is 29.7. The van der Waals surface area contributed by atoms with E-state index < -0.39 is 0 Å². The highest BCUT2D eigenvalue weighted by Crippen LogP contribution is 2.27. The maximum Gasteiger partial charge on any atom is 0.326 e. The number of carbonyl (C=O) groups excluding carboxylic acids is 2. The molecule has 6 heteroatoms. The summed E-state index contributed by atoms with van der Waals surface area (Å²) in [5, 5.41) is 6.07. The van der Waals surface area contributed by atoms with Gasteiger partial charge in [0.1, 0.15) is 0 Å². The van der Waals surface area contributed by atoms with Crippen LogP contribution >= 0.6 is 0 Å². The second kappa shape index (κ2) is 12.0. The molecular formula is C28H38N4O2. The Kier molecular flexibility index (Phi) is 8.58. The Morgan fingerprint density at radius 3 is 2.59 bits per heavy atom. The van der Waals surface area contributed by atoms with Crippen molar-refractivity contribution in [1.82, 2.24) is 10.2 Å². The normalized spacial score (nSPS) is 18.6. The second-order valence-electron chi connectivity index (χ2n) is 9.63. The molecule has 3 amide bonds. The fourth-order valence-corrected chi connectivity index (χ4v) is 5.05. The van der Waals surface area contributed by atoms with Crippen LogP contribution in [-0.2, 0) is 17.6 Å². The summed E-state index contributed by atoms with van der Waals surface area (Å²) in [7, 11) is 0. The first kappa shape index (κ1) is 24.3. The van der Waals surface area contributed by atoms with Gasteiger partial charge in [0.15, 0.2) is 0 Å². The molecule has 2 aromatic carbocycles. The quantitative estimate of drug-likeness (QED) is 0.570. The van der Waals surface area contributed by atoms with E-state index in [1.165, 1.54) is 31.4 Å². The third kappa shape index (κ3) is 6.60. The largest absolute Gasteiger partial charge is 0.356 e. The van der Waals surface area contributed by atoms with Gasteiger partial charge in [-0.1, -0.05) is 36.8 Å². The van der Waals surface area contributed by atoms with Crippen LogP contribution in [0.15, 0.2) is 48.5 Å². The van der Waals surface area contributed by atoms with Gasteiger partial charge in [-0.2, -0.15) is 0 Å². The van der Waals surface area contributed by atoms with Gasteiger partial charge in [-0.3, -0.25) is 9.69 Å². The number of anilines is 2. The number of fused-ring (bicyclic) bond motifs is 1. The number of para-hydroxylation sites is 1. The van der Waals surface area contributed by atoms with Crippen molar-refractivity contribution in [2.45, 2.75) is 64.3 Å². The van der Waals surface area contributed by atoms with Crippen molar-refractivity contribution in [2.24, 2.45) is 0 Å². The van der Waals surface area contributed by atoms with Gasteiger partial charge in [0.05, 0.1) is 6.42 Å².